The standard InChI is InChI=1S/C28H26F2N4O2/c29-19-7-4-8-20(30)26(19)17-6-3-10-22-25(17)18(27(35)33-22)14-16-15-24-21(32-16)9-1-2-13-34(24)28(36)23-11-5-12-31-23/h3-4,6-8,10,14-15,23,31-32H,1-2,5,9,11-13H2,(H,33,35)/t23-/m0/s1. The summed E-state index contributed by atoms with van der Waals surface area (Å²) in [5.74, 6) is -1.65. The third kappa shape index (κ3) is 3.82. The average Bonchev–Trinajstić information content (AvgIpc) is 3.57. The van der Waals surface area contributed by atoms with Crippen molar-refractivity contribution < 1.29 is 18.4 Å². The van der Waals surface area contributed by atoms with Gasteiger partial charge in [-0.1, -0.05) is 18.2 Å². The highest BCUT2D eigenvalue weighted by molar-refractivity contribution is 6.36. The number of rotatable bonds is 3. The Balaban J connectivity index is 1.42. The molecular weight excluding hydrogens is 462 g/mol. The molecule has 184 valence electrons. The zero-order valence-electron chi connectivity index (χ0n) is 19.7. The Hall–Kier alpha value is -3.78. The van der Waals surface area contributed by atoms with Crippen molar-refractivity contribution in [2.24, 2.45) is 0 Å². The Labute approximate surface area is 207 Å². The molecule has 0 spiro atoms. The van der Waals surface area contributed by atoms with Crippen LogP contribution in [0, 0.1) is 11.6 Å². The number of nitrogens with zero attached hydrogens (tertiary/aromatic N) is 1. The smallest absolute Gasteiger partial charge is 0.256 e. The number of anilines is 2. The van der Waals surface area contributed by atoms with Gasteiger partial charge in [0.15, 0.2) is 0 Å². The van der Waals surface area contributed by atoms with Gasteiger partial charge in [-0.25, -0.2) is 8.78 Å². The minimum Gasteiger partial charge on any atom is -0.357 e. The Morgan fingerprint density at radius 1 is 1.03 bits per heavy atom. The lowest BCUT2D eigenvalue weighted by Gasteiger charge is -2.24. The minimum absolute atomic E-state index is 0.0788. The number of benzene rings is 2. The molecule has 1 fully saturated rings. The van der Waals surface area contributed by atoms with Crippen molar-refractivity contribution in [2.45, 2.75) is 38.1 Å². The highest BCUT2D eigenvalue weighted by atomic mass is 19.1. The van der Waals surface area contributed by atoms with Gasteiger partial charge < -0.3 is 20.5 Å². The largest absolute Gasteiger partial charge is 0.357 e. The number of H-pyrrole nitrogens is 1. The van der Waals surface area contributed by atoms with E-state index in [0.717, 1.165) is 50.0 Å². The molecule has 8 heteroatoms. The summed E-state index contributed by atoms with van der Waals surface area (Å²) in [5, 5.41) is 6.10. The van der Waals surface area contributed by atoms with E-state index in [2.05, 4.69) is 15.6 Å². The molecule has 1 aromatic heterocycles. The average molecular weight is 489 g/mol. The van der Waals surface area contributed by atoms with Crippen LogP contribution in [-0.4, -0.2) is 35.9 Å². The van der Waals surface area contributed by atoms with Crippen LogP contribution in [0.1, 0.15) is 42.6 Å². The van der Waals surface area contributed by atoms with Gasteiger partial charge in [-0.05, 0) is 74.6 Å². The van der Waals surface area contributed by atoms with E-state index >= 15 is 0 Å². The van der Waals surface area contributed by atoms with E-state index in [1.807, 2.05) is 11.0 Å². The first-order valence-electron chi connectivity index (χ1n) is 12.4. The maximum atomic E-state index is 14.7. The molecular formula is C28H26F2N4O2. The minimum atomic E-state index is -0.691. The number of aromatic amines is 1. The van der Waals surface area contributed by atoms with Gasteiger partial charge in [0.2, 0.25) is 5.91 Å². The van der Waals surface area contributed by atoms with Gasteiger partial charge in [-0.15, -0.1) is 0 Å². The summed E-state index contributed by atoms with van der Waals surface area (Å²) in [5.41, 5.74) is 3.88. The number of carbonyl (C=O) groups is 2. The van der Waals surface area contributed by atoms with Crippen LogP contribution in [0.2, 0.25) is 0 Å². The molecule has 0 aliphatic carbocycles. The number of hydrogen-bond acceptors (Lipinski definition) is 3. The molecule has 3 aromatic rings. The second-order valence-electron chi connectivity index (χ2n) is 9.52. The van der Waals surface area contributed by atoms with Crippen molar-refractivity contribution in [1.29, 1.82) is 0 Å². The fourth-order valence-electron chi connectivity index (χ4n) is 5.53. The highest BCUT2D eigenvalue weighted by Crippen LogP contribution is 2.42. The van der Waals surface area contributed by atoms with E-state index in [4.69, 9.17) is 0 Å². The molecule has 0 unspecified atom stereocenters. The first-order valence-corrected chi connectivity index (χ1v) is 12.4. The van der Waals surface area contributed by atoms with Gasteiger partial charge in [-0.3, -0.25) is 9.59 Å². The van der Waals surface area contributed by atoms with Crippen LogP contribution in [0.4, 0.5) is 20.2 Å². The Bertz CT molecular complexity index is 1380. The molecule has 2 amide bonds. The molecule has 3 N–H and O–H groups in total. The van der Waals surface area contributed by atoms with Crippen LogP contribution < -0.4 is 15.5 Å². The molecule has 0 bridgehead atoms. The summed E-state index contributed by atoms with van der Waals surface area (Å²) >= 11 is 0. The molecule has 4 heterocycles. The number of aromatic nitrogens is 1. The molecule has 0 radical (unpaired) electrons. The van der Waals surface area contributed by atoms with E-state index in [-0.39, 0.29) is 23.4 Å². The third-order valence-electron chi connectivity index (χ3n) is 7.23. The number of carbonyl (C=O) groups excluding carboxylic acids is 2. The summed E-state index contributed by atoms with van der Waals surface area (Å²) in [6, 6.07) is 10.5. The first kappa shape index (κ1) is 22.7. The van der Waals surface area contributed by atoms with Gasteiger partial charge in [0.1, 0.15) is 11.6 Å². The zero-order valence-corrected chi connectivity index (χ0v) is 19.7. The van der Waals surface area contributed by atoms with Gasteiger partial charge in [-0.2, -0.15) is 0 Å². The summed E-state index contributed by atoms with van der Waals surface area (Å²) in [6.07, 6.45) is 6.19. The Morgan fingerprint density at radius 3 is 2.61 bits per heavy atom. The molecule has 3 aliphatic heterocycles. The number of aryl methyl sites for hydroxylation is 1. The topological polar surface area (TPSA) is 77.2 Å². The molecule has 2 aromatic carbocycles. The van der Waals surface area contributed by atoms with Crippen LogP contribution in [0.25, 0.3) is 22.8 Å². The van der Waals surface area contributed by atoms with Gasteiger partial charge in [0.05, 0.1) is 22.9 Å². The molecule has 0 saturated carbocycles. The number of amides is 2. The van der Waals surface area contributed by atoms with Crippen molar-refractivity contribution in [3.05, 3.63) is 71.1 Å². The lowest BCUT2D eigenvalue weighted by molar-refractivity contribution is -0.120. The Kier molecular flexibility index (Phi) is 5.68. The lowest BCUT2D eigenvalue weighted by Crippen LogP contribution is -2.44. The van der Waals surface area contributed by atoms with Crippen molar-refractivity contribution in [3.8, 4) is 11.1 Å². The fraction of sp³-hybridized carbons (Fsp3) is 0.286. The first-order chi connectivity index (χ1) is 17.5. The number of fused-ring (bicyclic) bond motifs is 2. The zero-order chi connectivity index (χ0) is 24.8. The summed E-state index contributed by atoms with van der Waals surface area (Å²) in [4.78, 5) is 31.5. The Morgan fingerprint density at radius 2 is 1.83 bits per heavy atom. The normalized spacial score (nSPS) is 20.3. The van der Waals surface area contributed by atoms with E-state index in [1.165, 1.54) is 18.2 Å². The predicted molar refractivity (Wildman–Crippen MR) is 135 cm³/mol. The lowest BCUT2D eigenvalue weighted by atomic mass is 9.93. The highest BCUT2D eigenvalue weighted by Gasteiger charge is 2.32. The van der Waals surface area contributed by atoms with Crippen LogP contribution >= 0.6 is 0 Å². The van der Waals surface area contributed by atoms with Crippen LogP contribution in [0.15, 0.2) is 42.5 Å². The van der Waals surface area contributed by atoms with E-state index < -0.39 is 11.6 Å². The van der Waals surface area contributed by atoms with Crippen molar-refractivity contribution in [1.82, 2.24) is 10.3 Å². The maximum absolute atomic E-state index is 14.7. The molecule has 3 aliphatic rings. The van der Waals surface area contributed by atoms with Gasteiger partial charge >= 0.3 is 0 Å². The second kappa shape index (κ2) is 9.02. The number of nitrogens with one attached hydrogen (secondary N) is 3. The molecule has 36 heavy (non-hydrogen) atoms. The summed E-state index contributed by atoms with van der Waals surface area (Å²) in [7, 11) is 0. The molecule has 1 atom stereocenters. The summed E-state index contributed by atoms with van der Waals surface area (Å²) < 4.78 is 29.4. The van der Waals surface area contributed by atoms with Crippen molar-refractivity contribution >= 4 is 34.8 Å². The third-order valence-corrected chi connectivity index (χ3v) is 7.23. The quantitative estimate of drug-likeness (QED) is 0.460. The monoisotopic (exact) mass is 488 g/mol. The van der Waals surface area contributed by atoms with E-state index in [9.17, 15) is 18.4 Å². The van der Waals surface area contributed by atoms with Crippen molar-refractivity contribution in [2.75, 3.05) is 23.3 Å². The van der Waals surface area contributed by atoms with Gasteiger partial charge in [0.25, 0.3) is 5.91 Å². The number of halogens is 2. The predicted octanol–water partition coefficient (Wildman–Crippen LogP) is 4.87. The fourth-order valence-corrected chi connectivity index (χ4v) is 5.53. The van der Waals surface area contributed by atoms with Crippen LogP contribution in [0.3, 0.4) is 0 Å². The van der Waals surface area contributed by atoms with Crippen LogP contribution in [-0.2, 0) is 16.0 Å². The van der Waals surface area contributed by atoms with E-state index in [0.29, 0.717) is 34.6 Å². The van der Waals surface area contributed by atoms with Crippen LogP contribution in [0.5, 0.6) is 0 Å². The summed E-state index contributed by atoms with van der Waals surface area (Å²) in [6.45, 7) is 1.50. The van der Waals surface area contributed by atoms with Gasteiger partial charge in [0, 0.05) is 29.2 Å². The molecule has 6 rings (SSSR count). The SMILES string of the molecule is O=C1Nc2cccc(-c3c(F)cccc3F)c2C1=Cc1cc2c([nH]1)CCCCN2C(=O)[C@@H]1CCCN1. The molecule has 1 saturated heterocycles. The second-order valence-corrected chi connectivity index (χ2v) is 9.52. The number of hydrogen-bond donors (Lipinski definition) is 3. The van der Waals surface area contributed by atoms with E-state index in [1.54, 1.807) is 24.3 Å². The molecule has 6 nitrogen and oxygen atoms in total. The maximum Gasteiger partial charge on any atom is 0.256 e. The van der Waals surface area contributed by atoms with Crippen molar-refractivity contribution in [3.63, 3.8) is 0 Å².